The van der Waals surface area contributed by atoms with Crippen molar-refractivity contribution in [2.45, 2.75) is 59.3 Å². The molecule has 0 atom stereocenters. The Hall–Kier alpha value is -2.26. The first kappa shape index (κ1) is 23.0. The maximum absolute atomic E-state index is 11.2. The zero-order valence-electron chi connectivity index (χ0n) is 17.8. The lowest BCUT2D eigenvalue weighted by molar-refractivity contribution is 0.171. The molecule has 0 saturated heterocycles. The van der Waals surface area contributed by atoms with Gasteiger partial charge in [0.25, 0.3) is 0 Å². The molecule has 29 heavy (non-hydrogen) atoms. The Morgan fingerprint density at radius 2 is 1.66 bits per heavy atom. The third-order valence-corrected chi connectivity index (χ3v) is 5.61. The molecular weight excluding hydrogens is 408 g/mol. The molecule has 7 nitrogen and oxygen atoms in total. The number of anilines is 1. The van der Waals surface area contributed by atoms with Gasteiger partial charge in [-0.3, -0.25) is 4.90 Å². The number of phenols is 1. The summed E-state index contributed by atoms with van der Waals surface area (Å²) in [7, 11) is 0. The molecule has 9 heteroatoms. The van der Waals surface area contributed by atoms with Gasteiger partial charge in [-0.2, -0.15) is 0 Å². The maximum atomic E-state index is 11.2. The number of phenolic OH excluding ortho intramolecular Hbond substituents is 1. The maximum Gasteiger partial charge on any atom is 0.413 e. The molecular formula is C20H28N4O3S2. The molecule has 0 fully saturated rings. The molecule has 3 N–H and O–H groups in total. The second-order valence-electron chi connectivity index (χ2n) is 8.79. The van der Waals surface area contributed by atoms with Crippen LogP contribution >= 0.6 is 23.6 Å². The number of hydrogen-bond donors (Lipinski definition) is 3. The number of carboxylic acid groups (broad SMARTS) is 1. The smallest absolute Gasteiger partial charge is 0.413 e. The molecule has 1 heterocycles. The molecule has 0 aliphatic carbocycles. The molecule has 0 unspecified atom stereocenters. The van der Waals surface area contributed by atoms with Gasteiger partial charge >= 0.3 is 6.09 Å². The van der Waals surface area contributed by atoms with Gasteiger partial charge in [0.15, 0.2) is 5.11 Å². The van der Waals surface area contributed by atoms with Crippen molar-refractivity contribution in [3.05, 3.63) is 23.3 Å². The molecule has 2 rings (SSSR count). The summed E-state index contributed by atoms with van der Waals surface area (Å²) in [6.07, 6.45) is -1.13. The number of amides is 1. The fourth-order valence-corrected chi connectivity index (χ4v) is 3.91. The highest BCUT2D eigenvalue weighted by molar-refractivity contribution is 7.80. The lowest BCUT2D eigenvalue weighted by atomic mass is 9.78. The SMILES string of the molecule is CCN(C(=O)O)C(=S)Nc1nnc(-c2cc(C(C)(C)C)c(O)c(C(C)(C)C)c2)s1. The van der Waals surface area contributed by atoms with Crippen molar-refractivity contribution >= 4 is 39.9 Å². The van der Waals surface area contributed by atoms with E-state index in [2.05, 4.69) is 57.1 Å². The zero-order valence-corrected chi connectivity index (χ0v) is 19.5. The molecule has 158 valence electrons. The van der Waals surface area contributed by atoms with Crippen LogP contribution in [-0.4, -0.2) is 43.1 Å². The van der Waals surface area contributed by atoms with Crippen LogP contribution in [0.2, 0.25) is 0 Å². The van der Waals surface area contributed by atoms with Crippen LogP contribution < -0.4 is 5.32 Å². The van der Waals surface area contributed by atoms with Gasteiger partial charge in [-0.05, 0) is 42.1 Å². The van der Waals surface area contributed by atoms with Crippen molar-refractivity contribution in [3.8, 4) is 16.3 Å². The average Bonchev–Trinajstić information content (AvgIpc) is 3.01. The molecule has 2 aromatic rings. The van der Waals surface area contributed by atoms with E-state index >= 15 is 0 Å². The Balaban J connectivity index is 2.46. The number of benzene rings is 1. The van der Waals surface area contributed by atoms with E-state index in [1.165, 1.54) is 11.3 Å². The lowest BCUT2D eigenvalue weighted by Gasteiger charge is -2.27. The lowest BCUT2D eigenvalue weighted by Crippen LogP contribution is -2.38. The van der Waals surface area contributed by atoms with E-state index in [-0.39, 0.29) is 22.5 Å². The summed E-state index contributed by atoms with van der Waals surface area (Å²) >= 11 is 6.43. The predicted octanol–water partition coefficient (Wildman–Crippen LogP) is 5.20. The predicted molar refractivity (Wildman–Crippen MR) is 121 cm³/mol. The van der Waals surface area contributed by atoms with Gasteiger partial charge in [0, 0.05) is 23.2 Å². The first-order valence-electron chi connectivity index (χ1n) is 9.29. The number of thiocarbonyl (C=S) groups is 1. The molecule has 0 radical (unpaired) electrons. The number of rotatable bonds is 3. The molecule has 0 saturated carbocycles. The van der Waals surface area contributed by atoms with Crippen LogP contribution in [0.3, 0.4) is 0 Å². The summed E-state index contributed by atoms with van der Waals surface area (Å²) in [5.41, 5.74) is 2.01. The minimum atomic E-state index is -1.13. The molecule has 1 amide bonds. The first-order valence-corrected chi connectivity index (χ1v) is 10.5. The Bertz CT molecular complexity index is 892. The van der Waals surface area contributed by atoms with Crippen molar-refractivity contribution < 1.29 is 15.0 Å². The van der Waals surface area contributed by atoms with Crippen LogP contribution in [0.1, 0.15) is 59.6 Å². The van der Waals surface area contributed by atoms with Gasteiger partial charge in [-0.1, -0.05) is 52.9 Å². The van der Waals surface area contributed by atoms with E-state index < -0.39 is 6.09 Å². The highest BCUT2D eigenvalue weighted by Crippen LogP contribution is 2.42. The molecule has 1 aromatic carbocycles. The highest BCUT2D eigenvalue weighted by Gasteiger charge is 2.27. The van der Waals surface area contributed by atoms with E-state index in [1.54, 1.807) is 6.92 Å². The number of aromatic hydroxyl groups is 1. The minimum Gasteiger partial charge on any atom is -0.507 e. The van der Waals surface area contributed by atoms with Gasteiger partial charge in [-0.25, -0.2) is 4.79 Å². The number of hydrogen-bond acceptors (Lipinski definition) is 6. The first-order chi connectivity index (χ1) is 13.3. The standard InChI is InChI=1S/C20H28N4O3S2/c1-8-24(18(26)27)17(28)21-16-23-22-15(29-16)11-9-12(19(2,3)4)14(25)13(10-11)20(5,6)7/h9-10,25H,8H2,1-7H3,(H,26,27)(H,21,23,28). The van der Waals surface area contributed by atoms with Gasteiger partial charge in [0.1, 0.15) is 10.8 Å². The van der Waals surface area contributed by atoms with E-state index in [0.29, 0.717) is 15.9 Å². The Morgan fingerprint density at radius 1 is 1.14 bits per heavy atom. The monoisotopic (exact) mass is 436 g/mol. The quantitative estimate of drug-likeness (QED) is 0.569. The Labute approximate surface area is 180 Å². The van der Waals surface area contributed by atoms with Gasteiger partial charge in [-0.15, -0.1) is 10.2 Å². The number of aromatic nitrogens is 2. The van der Waals surface area contributed by atoms with Crippen molar-refractivity contribution in [2.24, 2.45) is 0 Å². The topological polar surface area (TPSA) is 98.6 Å². The molecule has 0 aliphatic rings. The van der Waals surface area contributed by atoms with Crippen LogP contribution in [0.5, 0.6) is 5.75 Å². The van der Waals surface area contributed by atoms with Gasteiger partial charge in [0.2, 0.25) is 5.13 Å². The molecule has 0 spiro atoms. The highest BCUT2D eigenvalue weighted by atomic mass is 32.1. The fraction of sp³-hybridized carbons (Fsp3) is 0.500. The Kier molecular flexibility index (Phi) is 6.54. The molecule has 0 bridgehead atoms. The number of nitrogens with zero attached hydrogens (tertiary/aromatic N) is 3. The third kappa shape index (κ3) is 5.22. The normalized spacial score (nSPS) is 12.0. The van der Waals surface area contributed by atoms with E-state index in [9.17, 15) is 15.0 Å². The Morgan fingerprint density at radius 3 is 2.07 bits per heavy atom. The van der Waals surface area contributed by atoms with E-state index in [4.69, 9.17) is 12.2 Å². The number of nitrogens with one attached hydrogen (secondary N) is 1. The van der Waals surface area contributed by atoms with Gasteiger partial charge in [0.05, 0.1) is 0 Å². The van der Waals surface area contributed by atoms with Crippen molar-refractivity contribution in [1.29, 1.82) is 0 Å². The van der Waals surface area contributed by atoms with Crippen molar-refractivity contribution in [1.82, 2.24) is 15.1 Å². The fourth-order valence-electron chi connectivity index (χ4n) is 2.82. The summed E-state index contributed by atoms with van der Waals surface area (Å²) in [6.45, 7) is 14.2. The second-order valence-corrected chi connectivity index (χ2v) is 10.2. The zero-order chi connectivity index (χ0) is 22.1. The minimum absolute atomic E-state index is 0.0548. The summed E-state index contributed by atoms with van der Waals surface area (Å²) in [5.74, 6) is 0.304. The number of carbonyl (C=O) groups is 1. The largest absolute Gasteiger partial charge is 0.507 e. The van der Waals surface area contributed by atoms with Crippen molar-refractivity contribution in [2.75, 3.05) is 11.9 Å². The molecule has 0 aliphatic heterocycles. The van der Waals surface area contributed by atoms with Crippen LogP contribution in [-0.2, 0) is 10.8 Å². The third-order valence-electron chi connectivity index (χ3n) is 4.40. The summed E-state index contributed by atoms with van der Waals surface area (Å²) < 4.78 is 0. The van der Waals surface area contributed by atoms with E-state index in [0.717, 1.165) is 21.6 Å². The average molecular weight is 437 g/mol. The van der Waals surface area contributed by atoms with Gasteiger partial charge < -0.3 is 15.5 Å². The van der Waals surface area contributed by atoms with Crippen LogP contribution in [0.15, 0.2) is 12.1 Å². The van der Waals surface area contributed by atoms with E-state index in [1.807, 2.05) is 12.1 Å². The summed E-state index contributed by atoms with van der Waals surface area (Å²) in [4.78, 5) is 12.2. The summed E-state index contributed by atoms with van der Waals surface area (Å²) in [5, 5.41) is 32.4. The van der Waals surface area contributed by atoms with Crippen LogP contribution in [0.4, 0.5) is 9.93 Å². The second kappa shape index (κ2) is 8.23. The van der Waals surface area contributed by atoms with Crippen LogP contribution in [0, 0.1) is 0 Å². The summed E-state index contributed by atoms with van der Waals surface area (Å²) in [6, 6.07) is 3.87. The van der Waals surface area contributed by atoms with Crippen LogP contribution in [0.25, 0.3) is 10.6 Å². The molecule has 1 aromatic heterocycles. The van der Waals surface area contributed by atoms with Crippen molar-refractivity contribution in [3.63, 3.8) is 0 Å².